The molecule has 0 saturated heterocycles. The monoisotopic (exact) mass is 235 g/mol. The predicted molar refractivity (Wildman–Crippen MR) is 74.0 cm³/mol. The molecule has 0 spiro atoms. The third kappa shape index (κ3) is 2.15. The lowest BCUT2D eigenvalue weighted by atomic mass is 10.0. The van der Waals surface area contributed by atoms with Crippen molar-refractivity contribution in [1.82, 2.24) is 0 Å². The van der Waals surface area contributed by atoms with E-state index in [0.29, 0.717) is 0 Å². The van der Waals surface area contributed by atoms with E-state index in [0.717, 1.165) is 5.56 Å². The Morgan fingerprint density at radius 3 is 2.29 bits per heavy atom. The van der Waals surface area contributed by atoms with Gasteiger partial charge in [0.2, 0.25) is 0 Å². The molecule has 0 aliphatic heterocycles. The molecule has 0 N–H and O–H groups in total. The van der Waals surface area contributed by atoms with E-state index in [1.807, 2.05) is 6.07 Å². The van der Waals surface area contributed by atoms with E-state index < -0.39 is 0 Å². The Balaban J connectivity index is 1.96. The number of thiophene rings is 1. The van der Waals surface area contributed by atoms with E-state index in [9.17, 15) is 0 Å². The van der Waals surface area contributed by atoms with Gasteiger partial charge in [-0.05, 0) is 51.2 Å². The van der Waals surface area contributed by atoms with Crippen molar-refractivity contribution in [2.75, 3.05) is 0 Å². The van der Waals surface area contributed by atoms with E-state index in [1.165, 1.54) is 16.7 Å². The van der Waals surface area contributed by atoms with Crippen molar-refractivity contribution in [3.05, 3.63) is 71.4 Å². The summed E-state index contributed by atoms with van der Waals surface area (Å²) >= 11 is 1.72. The fourth-order valence-corrected chi connectivity index (χ4v) is 2.49. The molecule has 1 heterocycles. The maximum Gasteiger partial charge on any atom is -0.00145 e. The zero-order valence-corrected chi connectivity index (χ0v) is 10.1. The summed E-state index contributed by atoms with van der Waals surface area (Å²) in [6.45, 7) is 0. The number of benzene rings is 2. The van der Waals surface area contributed by atoms with Crippen molar-refractivity contribution in [3.8, 4) is 22.3 Å². The molecule has 0 amide bonds. The van der Waals surface area contributed by atoms with Crippen LogP contribution in [0.1, 0.15) is 0 Å². The van der Waals surface area contributed by atoms with Crippen LogP contribution in [0.4, 0.5) is 0 Å². The Morgan fingerprint density at radius 1 is 0.765 bits per heavy atom. The van der Waals surface area contributed by atoms with Gasteiger partial charge in [-0.25, -0.2) is 0 Å². The van der Waals surface area contributed by atoms with E-state index in [-0.39, 0.29) is 0 Å². The lowest BCUT2D eigenvalue weighted by Gasteiger charge is -2.02. The van der Waals surface area contributed by atoms with Gasteiger partial charge in [0.25, 0.3) is 0 Å². The molecule has 3 rings (SSSR count). The average Bonchev–Trinajstić information content (AvgIpc) is 2.94. The van der Waals surface area contributed by atoms with E-state index >= 15 is 0 Å². The topological polar surface area (TPSA) is 0 Å². The number of hydrogen-bond donors (Lipinski definition) is 0. The third-order valence-corrected chi connectivity index (χ3v) is 3.44. The maximum atomic E-state index is 3.34. The highest BCUT2D eigenvalue weighted by molar-refractivity contribution is 7.08. The van der Waals surface area contributed by atoms with Crippen LogP contribution in [0, 0.1) is 6.07 Å². The summed E-state index contributed by atoms with van der Waals surface area (Å²) in [5.74, 6) is 0. The Bertz CT molecular complexity index is 577. The second kappa shape index (κ2) is 4.56. The van der Waals surface area contributed by atoms with Crippen LogP contribution in [-0.2, 0) is 0 Å². The van der Waals surface area contributed by atoms with Crippen molar-refractivity contribution in [3.63, 3.8) is 0 Å². The fourth-order valence-electron chi connectivity index (χ4n) is 1.83. The summed E-state index contributed by atoms with van der Waals surface area (Å²) in [5.41, 5.74) is 4.85. The molecule has 0 bridgehead atoms. The molecule has 3 aromatic rings. The van der Waals surface area contributed by atoms with Crippen LogP contribution in [-0.4, -0.2) is 0 Å². The van der Waals surface area contributed by atoms with Crippen molar-refractivity contribution >= 4 is 11.3 Å². The molecule has 17 heavy (non-hydrogen) atoms. The second-order valence-corrected chi connectivity index (χ2v) is 4.65. The molecule has 2 aromatic carbocycles. The second-order valence-electron chi connectivity index (χ2n) is 3.87. The minimum atomic E-state index is 1.16. The molecule has 1 aromatic heterocycles. The smallest absolute Gasteiger partial charge is 0.00145 e. The molecule has 0 aliphatic carbocycles. The molecular weight excluding hydrogens is 224 g/mol. The van der Waals surface area contributed by atoms with Crippen molar-refractivity contribution in [2.45, 2.75) is 0 Å². The van der Waals surface area contributed by atoms with Crippen LogP contribution in [0.15, 0.2) is 65.4 Å². The highest BCUT2D eigenvalue weighted by Gasteiger charge is 2.00. The van der Waals surface area contributed by atoms with E-state index in [4.69, 9.17) is 0 Å². The standard InChI is InChI=1S/C16H11S/c1-2-4-13(5-3-1)14-6-8-15(9-7-14)16-10-11-17-12-16/h1-8,10-12H. The molecule has 1 heteroatoms. The third-order valence-electron chi connectivity index (χ3n) is 2.75. The molecule has 0 fully saturated rings. The summed E-state index contributed by atoms with van der Waals surface area (Å²) in [6, 6.07) is 22.2. The summed E-state index contributed by atoms with van der Waals surface area (Å²) in [5, 5.41) is 4.24. The molecule has 0 aliphatic rings. The fraction of sp³-hybridized carbons (Fsp3) is 0. The first kappa shape index (κ1) is 10.3. The highest BCUT2D eigenvalue weighted by atomic mass is 32.1. The van der Waals surface area contributed by atoms with E-state index in [2.05, 4.69) is 65.4 Å². The highest BCUT2D eigenvalue weighted by Crippen LogP contribution is 2.25. The summed E-state index contributed by atoms with van der Waals surface area (Å²) in [6.07, 6.45) is 0. The van der Waals surface area contributed by atoms with Crippen LogP contribution < -0.4 is 0 Å². The molecule has 81 valence electrons. The summed E-state index contributed by atoms with van der Waals surface area (Å²) in [4.78, 5) is 0. The first-order valence-corrected chi connectivity index (χ1v) is 6.47. The van der Waals surface area contributed by atoms with Crippen LogP contribution in [0.25, 0.3) is 22.3 Å². The lowest BCUT2D eigenvalue weighted by molar-refractivity contribution is 1.60. The summed E-state index contributed by atoms with van der Waals surface area (Å²) < 4.78 is 0. The van der Waals surface area contributed by atoms with Crippen LogP contribution in [0.3, 0.4) is 0 Å². The summed E-state index contributed by atoms with van der Waals surface area (Å²) in [7, 11) is 0. The van der Waals surface area contributed by atoms with Gasteiger partial charge >= 0.3 is 0 Å². The van der Waals surface area contributed by atoms with Gasteiger partial charge in [0.05, 0.1) is 0 Å². The van der Waals surface area contributed by atoms with Crippen LogP contribution >= 0.6 is 11.3 Å². The van der Waals surface area contributed by atoms with Crippen molar-refractivity contribution in [2.24, 2.45) is 0 Å². The normalized spacial score (nSPS) is 10.4. The number of hydrogen-bond acceptors (Lipinski definition) is 1. The Labute approximate surface area is 105 Å². The molecule has 0 nitrogen and oxygen atoms in total. The quantitative estimate of drug-likeness (QED) is 0.593. The van der Waals surface area contributed by atoms with Gasteiger partial charge < -0.3 is 0 Å². The van der Waals surface area contributed by atoms with E-state index in [1.54, 1.807) is 11.3 Å². The van der Waals surface area contributed by atoms with Gasteiger partial charge in [-0.15, -0.1) is 0 Å². The van der Waals surface area contributed by atoms with Crippen molar-refractivity contribution in [1.29, 1.82) is 0 Å². The lowest BCUT2D eigenvalue weighted by Crippen LogP contribution is -1.78. The molecular formula is C16H11S. The Kier molecular flexibility index (Phi) is 2.76. The molecule has 1 radical (unpaired) electrons. The van der Waals surface area contributed by atoms with Gasteiger partial charge in [-0.1, -0.05) is 42.5 Å². The first-order valence-electron chi connectivity index (χ1n) is 5.53. The average molecular weight is 235 g/mol. The van der Waals surface area contributed by atoms with Crippen LogP contribution in [0.5, 0.6) is 0 Å². The Morgan fingerprint density at radius 2 is 1.65 bits per heavy atom. The van der Waals surface area contributed by atoms with Crippen molar-refractivity contribution < 1.29 is 0 Å². The maximum absolute atomic E-state index is 3.34. The zero-order chi connectivity index (χ0) is 11.5. The molecule has 0 saturated carbocycles. The molecule has 0 unspecified atom stereocenters. The number of rotatable bonds is 2. The van der Waals surface area contributed by atoms with Gasteiger partial charge in [-0.3, -0.25) is 0 Å². The predicted octanol–water partition coefficient (Wildman–Crippen LogP) is 4.88. The SMILES string of the molecule is [c]1cc(-c2ccccc2)ccc1-c1ccsc1. The van der Waals surface area contributed by atoms with Gasteiger partial charge in [-0.2, -0.15) is 11.3 Å². The van der Waals surface area contributed by atoms with Gasteiger partial charge in [0.1, 0.15) is 0 Å². The minimum absolute atomic E-state index is 1.16. The first-order chi connectivity index (χ1) is 8.43. The van der Waals surface area contributed by atoms with Gasteiger partial charge in [0.15, 0.2) is 0 Å². The minimum Gasteiger partial charge on any atom is -0.152 e. The molecule has 0 atom stereocenters. The zero-order valence-electron chi connectivity index (χ0n) is 9.26. The Hall–Kier alpha value is -1.86. The van der Waals surface area contributed by atoms with Crippen LogP contribution in [0.2, 0.25) is 0 Å². The van der Waals surface area contributed by atoms with Gasteiger partial charge in [0, 0.05) is 0 Å². The largest absolute Gasteiger partial charge is 0.152 e.